The molecule has 0 aromatic heterocycles. The molecule has 3 nitrogen and oxygen atoms in total. The molecule has 0 spiro atoms. The van der Waals surface area contributed by atoms with Crippen molar-refractivity contribution in [2.24, 2.45) is 5.92 Å². The van der Waals surface area contributed by atoms with E-state index in [1.807, 2.05) is 32.0 Å². The van der Waals surface area contributed by atoms with Crippen molar-refractivity contribution in [2.75, 3.05) is 6.61 Å². The molecular weight excluding hydrogens is 252 g/mol. The summed E-state index contributed by atoms with van der Waals surface area (Å²) >= 11 is 0. The number of carbonyl (C=O) groups excluding carboxylic acids is 1. The predicted molar refractivity (Wildman–Crippen MR) is 78.3 cm³/mol. The van der Waals surface area contributed by atoms with E-state index in [0.29, 0.717) is 6.61 Å². The highest BCUT2D eigenvalue weighted by molar-refractivity contribution is 5.73. The first kappa shape index (κ1) is 15.0. The van der Waals surface area contributed by atoms with Gasteiger partial charge in [-0.1, -0.05) is 43.2 Å². The summed E-state index contributed by atoms with van der Waals surface area (Å²) in [6.07, 6.45) is 4.03. The summed E-state index contributed by atoms with van der Waals surface area (Å²) in [7, 11) is 0. The fourth-order valence-electron chi connectivity index (χ4n) is 2.84. The number of hydrogen-bond donors (Lipinski definition) is 0. The van der Waals surface area contributed by atoms with Crippen LogP contribution in [0.25, 0.3) is 0 Å². The molecule has 2 rings (SSSR count). The maximum absolute atomic E-state index is 12.0. The smallest absolute Gasteiger partial charge is 0.311 e. The zero-order valence-electron chi connectivity index (χ0n) is 12.4. The summed E-state index contributed by atoms with van der Waals surface area (Å²) < 4.78 is 11.3. The Kier molecular flexibility index (Phi) is 5.60. The number of rotatable bonds is 5. The molecule has 0 aliphatic heterocycles. The minimum atomic E-state index is -0.102. The zero-order valence-corrected chi connectivity index (χ0v) is 12.4. The van der Waals surface area contributed by atoms with Crippen LogP contribution < -0.4 is 0 Å². The molecule has 1 fully saturated rings. The van der Waals surface area contributed by atoms with Gasteiger partial charge in [0.05, 0.1) is 24.7 Å². The maximum Gasteiger partial charge on any atom is 0.311 e. The van der Waals surface area contributed by atoms with E-state index in [1.54, 1.807) is 0 Å². The largest absolute Gasteiger partial charge is 0.466 e. The van der Waals surface area contributed by atoms with Crippen LogP contribution in [0.15, 0.2) is 30.3 Å². The van der Waals surface area contributed by atoms with Gasteiger partial charge in [-0.25, -0.2) is 0 Å². The molecule has 0 heterocycles. The highest BCUT2D eigenvalue weighted by Crippen LogP contribution is 2.31. The van der Waals surface area contributed by atoms with E-state index in [4.69, 9.17) is 9.47 Å². The Balaban J connectivity index is 2.00. The molecule has 0 bridgehead atoms. The Morgan fingerprint density at radius 2 is 1.95 bits per heavy atom. The van der Waals surface area contributed by atoms with Crippen molar-refractivity contribution >= 4 is 5.97 Å². The third-order valence-corrected chi connectivity index (χ3v) is 3.94. The first-order valence-electron chi connectivity index (χ1n) is 7.59. The molecule has 3 atom stereocenters. The van der Waals surface area contributed by atoms with Gasteiger partial charge >= 0.3 is 5.97 Å². The van der Waals surface area contributed by atoms with Crippen molar-refractivity contribution in [3.8, 4) is 0 Å². The van der Waals surface area contributed by atoms with Crippen LogP contribution in [0.1, 0.15) is 51.2 Å². The minimum absolute atomic E-state index is 0.0104. The van der Waals surface area contributed by atoms with Crippen LogP contribution in [0, 0.1) is 5.92 Å². The molecule has 3 unspecified atom stereocenters. The Bertz CT molecular complexity index is 416. The van der Waals surface area contributed by atoms with E-state index in [0.717, 1.165) is 31.2 Å². The van der Waals surface area contributed by atoms with Gasteiger partial charge in [0, 0.05) is 0 Å². The second-order valence-corrected chi connectivity index (χ2v) is 5.37. The fourth-order valence-corrected chi connectivity index (χ4v) is 2.84. The van der Waals surface area contributed by atoms with Crippen molar-refractivity contribution in [2.45, 2.75) is 51.7 Å². The lowest BCUT2D eigenvalue weighted by atomic mass is 9.86. The Morgan fingerprint density at radius 3 is 2.65 bits per heavy atom. The van der Waals surface area contributed by atoms with E-state index >= 15 is 0 Å². The molecule has 0 saturated heterocycles. The van der Waals surface area contributed by atoms with E-state index < -0.39 is 0 Å². The third-order valence-electron chi connectivity index (χ3n) is 3.94. The molecule has 0 N–H and O–H groups in total. The molecular formula is C17H24O3. The lowest BCUT2D eigenvalue weighted by Gasteiger charge is -2.32. The molecule has 1 aromatic rings. The summed E-state index contributed by atoms with van der Waals surface area (Å²) in [6.45, 7) is 4.34. The van der Waals surface area contributed by atoms with Gasteiger partial charge in [-0.2, -0.15) is 0 Å². The van der Waals surface area contributed by atoms with Gasteiger partial charge in [0.1, 0.15) is 0 Å². The number of hydrogen-bond acceptors (Lipinski definition) is 3. The van der Waals surface area contributed by atoms with Gasteiger partial charge < -0.3 is 9.47 Å². The van der Waals surface area contributed by atoms with Crippen molar-refractivity contribution in [3.05, 3.63) is 35.9 Å². The maximum atomic E-state index is 12.0. The topological polar surface area (TPSA) is 35.5 Å². The van der Waals surface area contributed by atoms with Gasteiger partial charge in [0.15, 0.2) is 0 Å². The molecule has 1 saturated carbocycles. The van der Waals surface area contributed by atoms with E-state index in [-0.39, 0.29) is 24.1 Å². The Labute approximate surface area is 121 Å². The number of esters is 1. The highest BCUT2D eigenvalue weighted by Gasteiger charge is 2.33. The lowest BCUT2D eigenvalue weighted by molar-refractivity contribution is -0.158. The second kappa shape index (κ2) is 7.44. The van der Waals surface area contributed by atoms with Crippen molar-refractivity contribution < 1.29 is 14.3 Å². The standard InChI is InChI=1S/C17H24O3/c1-3-19-17(18)15-11-7-8-12-16(15)20-13(2)14-9-5-4-6-10-14/h4-6,9-10,13,15-16H,3,7-8,11-12H2,1-2H3. The van der Waals surface area contributed by atoms with Crippen LogP contribution in [0.5, 0.6) is 0 Å². The van der Waals surface area contributed by atoms with Crippen LogP contribution >= 0.6 is 0 Å². The van der Waals surface area contributed by atoms with Crippen molar-refractivity contribution in [3.63, 3.8) is 0 Å². The first-order chi connectivity index (χ1) is 9.72. The first-order valence-corrected chi connectivity index (χ1v) is 7.59. The van der Waals surface area contributed by atoms with Crippen LogP contribution in [0.3, 0.4) is 0 Å². The third kappa shape index (κ3) is 3.83. The minimum Gasteiger partial charge on any atom is -0.466 e. The quantitative estimate of drug-likeness (QED) is 0.765. The van der Waals surface area contributed by atoms with E-state index in [2.05, 4.69) is 12.1 Å². The average Bonchev–Trinajstić information content (AvgIpc) is 2.49. The zero-order chi connectivity index (χ0) is 14.4. The monoisotopic (exact) mass is 276 g/mol. The van der Waals surface area contributed by atoms with Crippen LogP contribution in [-0.4, -0.2) is 18.7 Å². The second-order valence-electron chi connectivity index (χ2n) is 5.37. The van der Waals surface area contributed by atoms with Gasteiger partial charge in [-0.15, -0.1) is 0 Å². The number of ether oxygens (including phenoxy) is 2. The van der Waals surface area contributed by atoms with E-state index in [9.17, 15) is 4.79 Å². The SMILES string of the molecule is CCOC(=O)C1CCCCC1OC(C)c1ccccc1. The molecule has 0 radical (unpaired) electrons. The Morgan fingerprint density at radius 1 is 1.25 bits per heavy atom. The molecule has 1 aromatic carbocycles. The van der Waals surface area contributed by atoms with Crippen molar-refractivity contribution in [1.82, 2.24) is 0 Å². The molecule has 110 valence electrons. The van der Waals surface area contributed by atoms with Crippen LogP contribution in [0.2, 0.25) is 0 Å². The van der Waals surface area contributed by atoms with Gasteiger partial charge in [0.25, 0.3) is 0 Å². The predicted octanol–water partition coefficient (Wildman–Crippen LogP) is 3.89. The summed E-state index contributed by atoms with van der Waals surface area (Å²) in [6, 6.07) is 10.1. The number of benzene rings is 1. The summed E-state index contributed by atoms with van der Waals surface area (Å²) in [5, 5.41) is 0. The highest BCUT2D eigenvalue weighted by atomic mass is 16.5. The average molecular weight is 276 g/mol. The summed E-state index contributed by atoms with van der Waals surface area (Å²) in [5.74, 6) is -0.202. The summed E-state index contributed by atoms with van der Waals surface area (Å²) in [4.78, 5) is 12.0. The normalized spacial score (nSPS) is 24.1. The molecule has 1 aliphatic carbocycles. The Hall–Kier alpha value is -1.35. The van der Waals surface area contributed by atoms with Crippen molar-refractivity contribution in [1.29, 1.82) is 0 Å². The van der Waals surface area contributed by atoms with Gasteiger partial charge in [0.2, 0.25) is 0 Å². The molecule has 0 amide bonds. The fraction of sp³-hybridized carbons (Fsp3) is 0.588. The van der Waals surface area contributed by atoms with Gasteiger partial charge in [-0.05, 0) is 32.3 Å². The molecule has 20 heavy (non-hydrogen) atoms. The van der Waals surface area contributed by atoms with Crippen LogP contribution in [0.4, 0.5) is 0 Å². The lowest BCUT2D eigenvalue weighted by Crippen LogP contribution is -2.35. The summed E-state index contributed by atoms with van der Waals surface area (Å²) in [5.41, 5.74) is 1.15. The van der Waals surface area contributed by atoms with Crippen LogP contribution in [-0.2, 0) is 14.3 Å². The van der Waals surface area contributed by atoms with Gasteiger partial charge in [-0.3, -0.25) is 4.79 Å². The van der Waals surface area contributed by atoms with E-state index in [1.165, 1.54) is 0 Å². The molecule has 1 aliphatic rings. The molecule has 3 heteroatoms. The number of carbonyl (C=O) groups is 1.